The molecule has 0 bridgehead atoms. The molecular formula is C19H26INO2S. The Balaban J connectivity index is 2.02. The number of hydrogen-bond acceptors (Lipinski definition) is 4. The molecule has 0 spiro atoms. The Bertz CT molecular complexity index is 644. The molecule has 0 N–H and O–H groups in total. The Kier molecular flexibility index (Phi) is 6.03. The second-order valence-corrected chi connectivity index (χ2v) is 10.2. The number of halogens is 1. The van der Waals surface area contributed by atoms with Crippen LogP contribution < -0.4 is 0 Å². The third-order valence-corrected chi connectivity index (χ3v) is 7.36. The van der Waals surface area contributed by atoms with E-state index in [1.807, 2.05) is 0 Å². The van der Waals surface area contributed by atoms with E-state index in [1.54, 1.807) is 16.9 Å². The monoisotopic (exact) mass is 459 g/mol. The van der Waals surface area contributed by atoms with Crippen molar-refractivity contribution in [3.8, 4) is 0 Å². The van der Waals surface area contributed by atoms with Crippen molar-refractivity contribution in [1.29, 1.82) is 0 Å². The standard InChI is InChI=1S/C19H26INO2S/c1-12-4-6-13(7-5-12)14-8-9-21(2)11-16(14)15-10-17(20)24-18(15)19(22)23-3/h10,12-13H,4-9,11H2,1-3H3. The summed E-state index contributed by atoms with van der Waals surface area (Å²) in [7, 11) is 3.65. The maximum absolute atomic E-state index is 12.2. The molecule has 2 aliphatic rings. The molecule has 0 aromatic carbocycles. The van der Waals surface area contributed by atoms with E-state index in [9.17, 15) is 4.79 Å². The van der Waals surface area contributed by atoms with Gasteiger partial charge in [-0.3, -0.25) is 0 Å². The van der Waals surface area contributed by atoms with Crippen molar-refractivity contribution >= 4 is 45.5 Å². The highest BCUT2D eigenvalue weighted by Crippen LogP contribution is 2.42. The molecule has 3 rings (SSSR count). The Morgan fingerprint density at radius 1 is 1.33 bits per heavy atom. The number of esters is 1. The van der Waals surface area contributed by atoms with E-state index in [0.29, 0.717) is 5.92 Å². The summed E-state index contributed by atoms with van der Waals surface area (Å²) in [5.41, 5.74) is 4.12. The Morgan fingerprint density at radius 3 is 2.71 bits per heavy atom. The first kappa shape index (κ1) is 18.4. The molecule has 1 aromatic rings. The summed E-state index contributed by atoms with van der Waals surface area (Å²) in [5, 5.41) is 0. The molecule has 0 atom stereocenters. The molecule has 24 heavy (non-hydrogen) atoms. The van der Waals surface area contributed by atoms with Crippen molar-refractivity contribution in [2.75, 3.05) is 27.2 Å². The quantitative estimate of drug-likeness (QED) is 0.468. The van der Waals surface area contributed by atoms with E-state index >= 15 is 0 Å². The van der Waals surface area contributed by atoms with Gasteiger partial charge in [0, 0.05) is 18.7 Å². The molecule has 2 heterocycles. The third-order valence-electron chi connectivity index (χ3n) is 5.49. The number of hydrogen-bond donors (Lipinski definition) is 0. The first-order chi connectivity index (χ1) is 11.5. The SMILES string of the molecule is COC(=O)c1sc(I)cc1C1=C(C2CCC(C)CC2)CCN(C)C1. The lowest BCUT2D eigenvalue weighted by molar-refractivity contribution is 0.0606. The van der Waals surface area contributed by atoms with Crippen molar-refractivity contribution in [1.82, 2.24) is 4.90 Å². The number of carbonyl (C=O) groups excluding carboxylic acids is 1. The summed E-state index contributed by atoms with van der Waals surface area (Å²) < 4.78 is 6.19. The van der Waals surface area contributed by atoms with Gasteiger partial charge in [-0.1, -0.05) is 25.3 Å². The third kappa shape index (κ3) is 3.88. The smallest absolute Gasteiger partial charge is 0.348 e. The van der Waals surface area contributed by atoms with E-state index in [2.05, 4.69) is 47.5 Å². The van der Waals surface area contributed by atoms with E-state index in [-0.39, 0.29) is 5.97 Å². The van der Waals surface area contributed by atoms with Crippen molar-refractivity contribution < 1.29 is 9.53 Å². The predicted molar refractivity (Wildman–Crippen MR) is 109 cm³/mol. The van der Waals surface area contributed by atoms with Crippen LogP contribution >= 0.6 is 33.9 Å². The van der Waals surface area contributed by atoms with Crippen LogP contribution in [0.4, 0.5) is 0 Å². The zero-order valence-corrected chi connectivity index (χ0v) is 17.7. The number of carbonyl (C=O) groups is 1. The van der Waals surface area contributed by atoms with Gasteiger partial charge in [0.15, 0.2) is 0 Å². The van der Waals surface area contributed by atoms with Gasteiger partial charge in [0.1, 0.15) is 4.88 Å². The lowest BCUT2D eigenvalue weighted by Gasteiger charge is -2.35. The Labute approximate surface area is 162 Å². The van der Waals surface area contributed by atoms with E-state index in [4.69, 9.17) is 4.74 Å². The molecule has 5 heteroatoms. The van der Waals surface area contributed by atoms with E-state index < -0.39 is 0 Å². The van der Waals surface area contributed by atoms with Crippen LogP contribution in [-0.2, 0) is 4.74 Å². The lowest BCUT2D eigenvalue weighted by atomic mass is 9.75. The topological polar surface area (TPSA) is 29.5 Å². The number of nitrogens with zero attached hydrogens (tertiary/aromatic N) is 1. The maximum atomic E-state index is 12.2. The number of ether oxygens (including phenoxy) is 1. The van der Waals surface area contributed by atoms with Gasteiger partial charge < -0.3 is 9.64 Å². The van der Waals surface area contributed by atoms with Crippen molar-refractivity contribution in [2.45, 2.75) is 39.0 Å². The molecule has 0 unspecified atom stereocenters. The normalized spacial score (nSPS) is 25.8. The zero-order valence-electron chi connectivity index (χ0n) is 14.7. The fourth-order valence-corrected chi connectivity index (χ4v) is 5.86. The van der Waals surface area contributed by atoms with Crippen LogP contribution in [0.5, 0.6) is 0 Å². The molecule has 0 radical (unpaired) electrons. The Hall–Kier alpha value is -0.400. The van der Waals surface area contributed by atoms with Gasteiger partial charge in [-0.05, 0) is 72.4 Å². The minimum absolute atomic E-state index is 0.199. The fraction of sp³-hybridized carbons (Fsp3) is 0.632. The number of likely N-dealkylation sites (N-methyl/N-ethyl adjacent to an activating group) is 1. The van der Waals surface area contributed by atoms with Gasteiger partial charge >= 0.3 is 5.97 Å². The largest absolute Gasteiger partial charge is 0.465 e. The first-order valence-corrected chi connectivity index (χ1v) is 10.7. The van der Waals surface area contributed by atoms with Crippen LogP contribution in [0.25, 0.3) is 5.57 Å². The fourth-order valence-electron chi connectivity index (χ4n) is 4.06. The summed E-state index contributed by atoms with van der Waals surface area (Å²) in [6.07, 6.45) is 6.42. The number of rotatable bonds is 3. The van der Waals surface area contributed by atoms with Gasteiger partial charge in [-0.2, -0.15) is 0 Å². The molecule has 1 saturated carbocycles. The number of thiophene rings is 1. The minimum Gasteiger partial charge on any atom is -0.465 e. The van der Waals surface area contributed by atoms with Crippen LogP contribution in [0.2, 0.25) is 0 Å². The van der Waals surface area contributed by atoms with Gasteiger partial charge in [0.2, 0.25) is 0 Å². The lowest BCUT2D eigenvalue weighted by Crippen LogP contribution is -2.30. The molecule has 132 valence electrons. The van der Waals surface area contributed by atoms with Crippen LogP contribution in [0, 0.1) is 14.7 Å². The van der Waals surface area contributed by atoms with Gasteiger partial charge in [0.25, 0.3) is 0 Å². The van der Waals surface area contributed by atoms with Crippen molar-refractivity contribution in [2.24, 2.45) is 11.8 Å². The second kappa shape index (κ2) is 7.87. The maximum Gasteiger partial charge on any atom is 0.348 e. The summed E-state index contributed by atoms with van der Waals surface area (Å²) in [6, 6.07) is 2.18. The number of methoxy groups -OCH3 is 1. The molecule has 3 nitrogen and oxygen atoms in total. The highest BCUT2D eigenvalue weighted by atomic mass is 127. The highest BCUT2D eigenvalue weighted by molar-refractivity contribution is 14.1. The molecule has 1 aliphatic heterocycles. The van der Waals surface area contributed by atoms with Gasteiger partial charge in [-0.15, -0.1) is 11.3 Å². The van der Waals surface area contributed by atoms with Gasteiger partial charge in [-0.25, -0.2) is 4.79 Å². The van der Waals surface area contributed by atoms with Crippen LogP contribution in [0.3, 0.4) is 0 Å². The summed E-state index contributed by atoms with van der Waals surface area (Å²) in [6.45, 7) is 4.44. The highest BCUT2D eigenvalue weighted by Gasteiger charge is 2.30. The van der Waals surface area contributed by atoms with Crippen LogP contribution in [0.1, 0.15) is 54.3 Å². The summed E-state index contributed by atoms with van der Waals surface area (Å²) in [5.74, 6) is 1.37. The molecule has 1 aliphatic carbocycles. The molecule has 1 aromatic heterocycles. The molecule has 0 amide bonds. The average molecular weight is 459 g/mol. The first-order valence-electron chi connectivity index (χ1n) is 8.78. The minimum atomic E-state index is -0.199. The molecule has 1 fully saturated rings. The van der Waals surface area contributed by atoms with Crippen LogP contribution in [-0.4, -0.2) is 38.1 Å². The van der Waals surface area contributed by atoms with E-state index in [0.717, 1.165) is 38.8 Å². The van der Waals surface area contributed by atoms with Crippen LogP contribution in [0.15, 0.2) is 11.6 Å². The second-order valence-electron chi connectivity index (χ2n) is 7.23. The van der Waals surface area contributed by atoms with Crippen molar-refractivity contribution in [3.05, 3.63) is 25.0 Å². The molecular weight excluding hydrogens is 433 g/mol. The molecule has 0 saturated heterocycles. The van der Waals surface area contributed by atoms with Gasteiger partial charge in [0.05, 0.1) is 9.99 Å². The zero-order chi connectivity index (χ0) is 17.3. The summed E-state index contributed by atoms with van der Waals surface area (Å²) >= 11 is 3.87. The van der Waals surface area contributed by atoms with E-state index in [1.165, 1.54) is 38.4 Å². The summed E-state index contributed by atoms with van der Waals surface area (Å²) in [4.78, 5) is 15.4. The Morgan fingerprint density at radius 2 is 2.04 bits per heavy atom. The average Bonchev–Trinajstić information content (AvgIpc) is 2.97. The predicted octanol–water partition coefficient (Wildman–Crippen LogP) is 5.05. The van der Waals surface area contributed by atoms with Crippen molar-refractivity contribution in [3.63, 3.8) is 0 Å².